The topological polar surface area (TPSA) is 66.7 Å². The van der Waals surface area contributed by atoms with Gasteiger partial charge in [-0.1, -0.05) is 0 Å². The van der Waals surface area contributed by atoms with E-state index in [-0.39, 0.29) is 5.56 Å². The Morgan fingerprint density at radius 1 is 1.27 bits per heavy atom. The van der Waals surface area contributed by atoms with Crippen LogP contribution < -0.4 is 10.2 Å². The largest absolute Gasteiger partial charge is 0.478 e. The minimum absolute atomic E-state index is 0.288. The number of anilines is 1. The van der Waals surface area contributed by atoms with Crippen LogP contribution in [-0.2, 0) is 0 Å². The maximum absolute atomic E-state index is 11.2. The van der Waals surface area contributed by atoms with E-state index in [0.29, 0.717) is 0 Å². The molecule has 5 heteroatoms. The first-order valence-electron chi connectivity index (χ1n) is 7.77. The normalized spacial score (nSPS) is 11.1. The van der Waals surface area contributed by atoms with Crippen molar-refractivity contribution in [3.8, 4) is 0 Å². The Balaban J connectivity index is 2.27. The highest BCUT2D eigenvalue weighted by molar-refractivity contribution is 5.98. The molecule has 1 heterocycles. The highest BCUT2D eigenvalue weighted by atomic mass is 16.4. The standard InChI is InChI=1S/C17H23N3O2/c1-4-20(5-2)9-8-18-16-10-12(3)19-15-7-6-13(17(21)22)11-14(15)16/h6-7,10-11H,4-5,8-9H2,1-3H3,(H,18,19)(H,21,22)/p+1. The average molecular weight is 302 g/mol. The first-order valence-corrected chi connectivity index (χ1v) is 7.77. The molecule has 0 unspecified atom stereocenters. The van der Waals surface area contributed by atoms with Gasteiger partial charge in [-0.15, -0.1) is 0 Å². The molecule has 2 rings (SSSR count). The molecule has 1 aromatic carbocycles. The Morgan fingerprint density at radius 2 is 2.00 bits per heavy atom. The Morgan fingerprint density at radius 3 is 2.64 bits per heavy atom. The van der Waals surface area contributed by atoms with Crippen molar-refractivity contribution in [3.63, 3.8) is 0 Å². The van der Waals surface area contributed by atoms with Gasteiger partial charge >= 0.3 is 5.97 Å². The van der Waals surface area contributed by atoms with E-state index in [1.165, 1.54) is 4.90 Å². The summed E-state index contributed by atoms with van der Waals surface area (Å²) in [4.78, 5) is 17.2. The molecule has 22 heavy (non-hydrogen) atoms. The number of aryl methyl sites for hydroxylation is 1. The second-order valence-electron chi connectivity index (χ2n) is 5.48. The molecule has 0 amide bonds. The summed E-state index contributed by atoms with van der Waals surface area (Å²) in [5, 5.41) is 13.5. The second kappa shape index (κ2) is 7.22. The Bertz CT molecular complexity index is 666. The van der Waals surface area contributed by atoms with Crippen LogP contribution in [-0.4, -0.2) is 42.2 Å². The molecule has 1 aromatic heterocycles. The van der Waals surface area contributed by atoms with Crippen LogP contribution in [0.4, 0.5) is 5.69 Å². The van der Waals surface area contributed by atoms with Gasteiger partial charge in [-0.2, -0.15) is 0 Å². The summed E-state index contributed by atoms with van der Waals surface area (Å²) in [6.45, 7) is 10.4. The number of aromatic carboxylic acids is 1. The number of aromatic nitrogens is 1. The van der Waals surface area contributed by atoms with Gasteiger partial charge in [0.1, 0.15) is 0 Å². The van der Waals surface area contributed by atoms with Crippen molar-refractivity contribution >= 4 is 22.6 Å². The highest BCUT2D eigenvalue weighted by Gasteiger charge is 2.09. The van der Waals surface area contributed by atoms with Crippen molar-refractivity contribution in [2.45, 2.75) is 20.8 Å². The van der Waals surface area contributed by atoms with E-state index in [1.54, 1.807) is 18.2 Å². The molecule has 0 aliphatic heterocycles. The quantitative estimate of drug-likeness (QED) is 0.726. The van der Waals surface area contributed by atoms with Crippen LogP contribution in [0.5, 0.6) is 0 Å². The van der Waals surface area contributed by atoms with Crippen molar-refractivity contribution in [1.82, 2.24) is 4.98 Å². The molecule has 0 fully saturated rings. The van der Waals surface area contributed by atoms with Crippen LogP contribution in [0, 0.1) is 6.92 Å². The maximum Gasteiger partial charge on any atom is 0.335 e. The third-order valence-corrected chi connectivity index (χ3v) is 3.98. The molecule has 0 aliphatic rings. The van der Waals surface area contributed by atoms with Crippen LogP contribution in [0.1, 0.15) is 29.9 Å². The zero-order chi connectivity index (χ0) is 16.1. The number of hydrogen-bond donors (Lipinski definition) is 3. The van der Waals surface area contributed by atoms with Crippen LogP contribution in [0.25, 0.3) is 10.9 Å². The van der Waals surface area contributed by atoms with Crippen molar-refractivity contribution in [2.75, 3.05) is 31.5 Å². The van der Waals surface area contributed by atoms with E-state index >= 15 is 0 Å². The number of fused-ring (bicyclic) bond motifs is 1. The summed E-state index contributed by atoms with van der Waals surface area (Å²) >= 11 is 0. The van der Waals surface area contributed by atoms with Gasteiger partial charge in [0.25, 0.3) is 0 Å². The van der Waals surface area contributed by atoms with Gasteiger partial charge in [0.15, 0.2) is 0 Å². The van der Waals surface area contributed by atoms with Crippen molar-refractivity contribution in [2.24, 2.45) is 0 Å². The van der Waals surface area contributed by atoms with Crippen molar-refractivity contribution in [1.29, 1.82) is 0 Å². The van der Waals surface area contributed by atoms with Gasteiger partial charge in [-0.3, -0.25) is 4.98 Å². The summed E-state index contributed by atoms with van der Waals surface area (Å²) in [6, 6.07) is 7.04. The minimum Gasteiger partial charge on any atom is -0.478 e. The lowest BCUT2D eigenvalue weighted by Gasteiger charge is -2.17. The van der Waals surface area contributed by atoms with Gasteiger partial charge < -0.3 is 15.3 Å². The molecular weight excluding hydrogens is 278 g/mol. The van der Waals surface area contributed by atoms with E-state index in [9.17, 15) is 4.79 Å². The molecule has 0 atom stereocenters. The number of carboxylic acids is 1. The van der Waals surface area contributed by atoms with Gasteiger partial charge in [0, 0.05) is 16.8 Å². The fourth-order valence-electron chi connectivity index (χ4n) is 2.61. The van der Waals surface area contributed by atoms with Crippen LogP contribution >= 0.6 is 0 Å². The van der Waals surface area contributed by atoms with Crippen molar-refractivity contribution in [3.05, 3.63) is 35.5 Å². The minimum atomic E-state index is -0.916. The fraction of sp³-hybridized carbons (Fsp3) is 0.412. The summed E-state index contributed by atoms with van der Waals surface area (Å²) < 4.78 is 0. The first kappa shape index (κ1) is 16.2. The van der Waals surface area contributed by atoms with E-state index in [0.717, 1.165) is 48.5 Å². The smallest absolute Gasteiger partial charge is 0.335 e. The number of likely N-dealkylation sites (N-methyl/N-ethyl adjacent to an activating group) is 1. The number of quaternary nitrogens is 1. The summed E-state index contributed by atoms with van der Waals surface area (Å²) in [5.41, 5.74) is 2.99. The molecule has 118 valence electrons. The third kappa shape index (κ3) is 3.74. The molecule has 3 N–H and O–H groups in total. The molecule has 0 saturated carbocycles. The Kier molecular flexibility index (Phi) is 5.33. The number of nitrogens with one attached hydrogen (secondary N) is 2. The number of pyridine rings is 1. The summed E-state index contributed by atoms with van der Waals surface area (Å²) in [5.74, 6) is -0.916. The number of benzene rings is 1. The maximum atomic E-state index is 11.2. The molecule has 2 aromatic rings. The van der Waals surface area contributed by atoms with E-state index in [1.807, 2.05) is 13.0 Å². The molecular formula is C17H24N3O2+. The van der Waals surface area contributed by atoms with Gasteiger partial charge in [0.05, 0.1) is 37.3 Å². The zero-order valence-corrected chi connectivity index (χ0v) is 13.4. The average Bonchev–Trinajstić information content (AvgIpc) is 2.50. The SMILES string of the molecule is CC[NH+](CC)CCNc1cc(C)nc2ccc(C(=O)O)cc12. The molecule has 0 aliphatic carbocycles. The lowest BCUT2D eigenvalue weighted by Crippen LogP contribution is -3.12. The second-order valence-corrected chi connectivity index (χ2v) is 5.48. The van der Waals surface area contributed by atoms with Gasteiger partial charge in [-0.05, 0) is 45.0 Å². The monoisotopic (exact) mass is 302 g/mol. The third-order valence-electron chi connectivity index (χ3n) is 3.98. The number of nitrogens with zero attached hydrogens (tertiary/aromatic N) is 1. The van der Waals surface area contributed by atoms with E-state index in [2.05, 4.69) is 24.1 Å². The summed E-state index contributed by atoms with van der Waals surface area (Å²) in [7, 11) is 0. The first-order chi connectivity index (χ1) is 10.5. The molecule has 5 nitrogen and oxygen atoms in total. The van der Waals surface area contributed by atoms with Gasteiger partial charge in [-0.25, -0.2) is 4.79 Å². The molecule has 0 bridgehead atoms. The fourth-order valence-corrected chi connectivity index (χ4v) is 2.61. The molecule has 0 spiro atoms. The number of carbonyl (C=O) groups is 1. The predicted molar refractivity (Wildman–Crippen MR) is 88.8 cm³/mol. The molecule has 0 saturated heterocycles. The van der Waals surface area contributed by atoms with Crippen LogP contribution in [0.3, 0.4) is 0 Å². The Labute approximate surface area is 131 Å². The van der Waals surface area contributed by atoms with Gasteiger partial charge in [0.2, 0.25) is 0 Å². The zero-order valence-electron chi connectivity index (χ0n) is 13.4. The lowest BCUT2D eigenvalue weighted by molar-refractivity contribution is -0.894. The van der Waals surface area contributed by atoms with Crippen LogP contribution in [0.15, 0.2) is 24.3 Å². The summed E-state index contributed by atoms with van der Waals surface area (Å²) in [6.07, 6.45) is 0. The van der Waals surface area contributed by atoms with Crippen molar-refractivity contribution < 1.29 is 14.8 Å². The predicted octanol–water partition coefficient (Wildman–Crippen LogP) is 1.58. The Hall–Kier alpha value is -2.14. The number of hydrogen-bond acceptors (Lipinski definition) is 3. The highest BCUT2D eigenvalue weighted by Crippen LogP contribution is 2.24. The van der Waals surface area contributed by atoms with Crippen LogP contribution in [0.2, 0.25) is 0 Å². The number of carboxylic acid groups (broad SMARTS) is 1. The van der Waals surface area contributed by atoms with E-state index < -0.39 is 5.97 Å². The molecule has 0 radical (unpaired) electrons. The number of rotatable bonds is 7. The lowest BCUT2D eigenvalue weighted by atomic mass is 10.1. The van der Waals surface area contributed by atoms with E-state index in [4.69, 9.17) is 5.11 Å².